The van der Waals surface area contributed by atoms with E-state index in [0.717, 1.165) is 27.6 Å². The van der Waals surface area contributed by atoms with Crippen molar-refractivity contribution in [1.82, 2.24) is 9.88 Å². The van der Waals surface area contributed by atoms with Crippen LogP contribution in [0.1, 0.15) is 32.6 Å². The molecule has 0 aliphatic rings. The van der Waals surface area contributed by atoms with E-state index in [-0.39, 0.29) is 24.6 Å². The fourth-order valence-corrected chi connectivity index (χ4v) is 4.19. The molecule has 0 fully saturated rings. The zero-order chi connectivity index (χ0) is 25.1. The number of carbonyl (C=O) groups is 1. The number of halogens is 2. The SMILES string of the molecule is COc1ccc(CN(Cc2cc3cc(C)c(C)cc3nc2Cl)C(=O)c2cccc(F)c2)cc1OC. The molecule has 0 unspecified atom stereocenters. The Morgan fingerprint density at radius 1 is 0.943 bits per heavy atom. The number of methoxy groups -OCH3 is 2. The van der Waals surface area contributed by atoms with Crippen molar-refractivity contribution < 1.29 is 18.7 Å². The predicted octanol–water partition coefficient (Wildman–Crippen LogP) is 6.50. The third kappa shape index (κ3) is 5.38. The number of fused-ring (bicyclic) bond motifs is 1. The molecule has 0 saturated carbocycles. The second kappa shape index (κ2) is 10.3. The molecule has 0 spiro atoms. The van der Waals surface area contributed by atoms with E-state index >= 15 is 0 Å². The van der Waals surface area contributed by atoms with E-state index in [0.29, 0.717) is 22.2 Å². The van der Waals surface area contributed by atoms with Crippen molar-refractivity contribution in [1.29, 1.82) is 0 Å². The van der Waals surface area contributed by atoms with Gasteiger partial charge in [-0.3, -0.25) is 4.79 Å². The van der Waals surface area contributed by atoms with Crippen molar-refractivity contribution in [3.63, 3.8) is 0 Å². The fourth-order valence-electron chi connectivity index (χ4n) is 3.98. The van der Waals surface area contributed by atoms with E-state index in [1.165, 1.54) is 18.2 Å². The van der Waals surface area contributed by atoms with Crippen LogP contribution in [0.25, 0.3) is 10.9 Å². The molecule has 0 atom stereocenters. The van der Waals surface area contributed by atoms with E-state index in [4.69, 9.17) is 21.1 Å². The average Bonchev–Trinajstić information content (AvgIpc) is 2.84. The van der Waals surface area contributed by atoms with Gasteiger partial charge < -0.3 is 14.4 Å². The molecule has 35 heavy (non-hydrogen) atoms. The maximum absolute atomic E-state index is 13.9. The van der Waals surface area contributed by atoms with Gasteiger partial charge in [-0.2, -0.15) is 0 Å². The number of rotatable bonds is 7. The number of hydrogen-bond donors (Lipinski definition) is 0. The molecule has 0 aliphatic heterocycles. The van der Waals surface area contributed by atoms with E-state index in [2.05, 4.69) is 11.1 Å². The highest BCUT2D eigenvalue weighted by molar-refractivity contribution is 6.30. The summed E-state index contributed by atoms with van der Waals surface area (Å²) in [5.74, 6) is 0.347. The first-order valence-corrected chi connectivity index (χ1v) is 11.5. The Kier molecular flexibility index (Phi) is 7.22. The summed E-state index contributed by atoms with van der Waals surface area (Å²) < 4.78 is 24.6. The zero-order valence-electron chi connectivity index (χ0n) is 20.1. The molecule has 4 rings (SSSR count). The number of amides is 1. The maximum Gasteiger partial charge on any atom is 0.254 e. The fraction of sp³-hybridized carbons (Fsp3) is 0.214. The molecule has 1 amide bonds. The van der Waals surface area contributed by atoms with Crippen molar-refractivity contribution in [3.05, 3.63) is 99.5 Å². The first-order chi connectivity index (χ1) is 16.8. The highest BCUT2D eigenvalue weighted by atomic mass is 35.5. The molecule has 0 saturated heterocycles. The number of pyridine rings is 1. The molecule has 1 aromatic heterocycles. The van der Waals surface area contributed by atoms with Gasteiger partial charge in [0.05, 0.1) is 19.7 Å². The van der Waals surface area contributed by atoms with Gasteiger partial charge in [0.15, 0.2) is 11.5 Å². The third-order valence-corrected chi connectivity index (χ3v) is 6.32. The molecular formula is C28H26ClFN2O3. The van der Waals surface area contributed by atoms with Crippen molar-refractivity contribution in [3.8, 4) is 11.5 Å². The Bertz CT molecular complexity index is 1410. The lowest BCUT2D eigenvalue weighted by atomic mass is 10.0. The highest BCUT2D eigenvalue weighted by Crippen LogP contribution is 2.30. The van der Waals surface area contributed by atoms with Crippen LogP contribution in [0.2, 0.25) is 5.15 Å². The van der Waals surface area contributed by atoms with Gasteiger partial charge in [0.25, 0.3) is 5.91 Å². The number of benzene rings is 3. The van der Waals surface area contributed by atoms with Gasteiger partial charge in [-0.05, 0) is 79.1 Å². The number of nitrogens with zero attached hydrogens (tertiary/aromatic N) is 2. The molecule has 3 aromatic carbocycles. The minimum absolute atomic E-state index is 0.193. The largest absolute Gasteiger partial charge is 0.493 e. The van der Waals surface area contributed by atoms with Crippen LogP contribution in [0, 0.1) is 19.7 Å². The summed E-state index contributed by atoms with van der Waals surface area (Å²) >= 11 is 6.56. The van der Waals surface area contributed by atoms with Crippen molar-refractivity contribution in [2.24, 2.45) is 0 Å². The lowest BCUT2D eigenvalue weighted by Gasteiger charge is -2.24. The minimum Gasteiger partial charge on any atom is -0.493 e. The summed E-state index contributed by atoms with van der Waals surface area (Å²) in [6, 6.07) is 17.1. The Labute approximate surface area is 209 Å². The summed E-state index contributed by atoms with van der Waals surface area (Å²) in [5.41, 5.74) is 4.85. The summed E-state index contributed by atoms with van der Waals surface area (Å²) in [5, 5.41) is 1.27. The summed E-state index contributed by atoms with van der Waals surface area (Å²) in [6.45, 7) is 4.51. The van der Waals surface area contributed by atoms with Gasteiger partial charge in [-0.1, -0.05) is 23.7 Å². The maximum atomic E-state index is 13.9. The summed E-state index contributed by atoms with van der Waals surface area (Å²) in [4.78, 5) is 19.7. The molecule has 0 aliphatic carbocycles. The van der Waals surface area contributed by atoms with Gasteiger partial charge in [0, 0.05) is 29.6 Å². The molecule has 0 N–H and O–H groups in total. The predicted molar refractivity (Wildman–Crippen MR) is 136 cm³/mol. The Morgan fingerprint density at radius 2 is 1.69 bits per heavy atom. The van der Waals surface area contributed by atoms with Crippen LogP contribution in [-0.2, 0) is 13.1 Å². The standard InChI is InChI=1S/C28H26ClFN2O3/c1-17-10-21-13-22(27(29)31-24(21)11-18(17)2)16-32(28(33)20-6-5-7-23(30)14-20)15-19-8-9-25(34-3)26(12-19)35-4/h5-14H,15-16H2,1-4H3. The van der Waals surface area contributed by atoms with Gasteiger partial charge in [0.2, 0.25) is 0 Å². The van der Waals surface area contributed by atoms with E-state index in [1.54, 1.807) is 31.3 Å². The van der Waals surface area contributed by atoms with Crippen LogP contribution in [-0.4, -0.2) is 30.0 Å². The van der Waals surface area contributed by atoms with Crippen molar-refractivity contribution in [2.75, 3.05) is 14.2 Å². The summed E-state index contributed by atoms with van der Waals surface area (Å²) in [7, 11) is 3.12. The molecule has 7 heteroatoms. The second-order valence-corrected chi connectivity index (χ2v) is 8.79. The smallest absolute Gasteiger partial charge is 0.254 e. The number of aromatic nitrogens is 1. The van der Waals surface area contributed by atoms with E-state index in [1.807, 2.05) is 38.1 Å². The highest BCUT2D eigenvalue weighted by Gasteiger charge is 2.20. The third-order valence-electron chi connectivity index (χ3n) is 6.00. The average molecular weight is 493 g/mol. The molecule has 180 valence electrons. The van der Waals surface area contributed by atoms with Crippen LogP contribution < -0.4 is 9.47 Å². The second-order valence-electron chi connectivity index (χ2n) is 8.43. The first-order valence-electron chi connectivity index (χ1n) is 11.1. The molecule has 0 bridgehead atoms. The molecular weight excluding hydrogens is 467 g/mol. The van der Waals surface area contributed by atoms with E-state index < -0.39 is 5.82 Å². The quantitative estimate of drug-likeness (QED) is 0.276. The van der Waals surface area contributed by atoms with Crippen LogP contribution in [0.15, 0.2) is 60.7 Å². The number of hydrogen-bond acceptors (Lipinski definition) is 4. The van der Waals surface area contributed by atoms with Crippen LogP contribution >= 0.6 is 11.6 Å². The molecule has 5 nitrogen and oxygen atoms in total. The van der Waals surface area contributed by atoms with Crippen LogP contribution in [0.3, 0.4) is 0 Å². The lowest BCUT2D eigenvalue weighted by Crippen LogP contribution is -2.30. The minimum atomic E-state index is -0.474. The van der Waals surface area contributed by atoms with Crippen molar-refractivity contribution >= 4 is 28.4 Å². The molecule has 4 aromatic rings. The monoisotopic (exact) mass is 492 g/mol. The van der Waals surface area contributed by atoms with Gasteiger partial charge >= 0.3 is 0 Å². The summed E-state index contributed by atoms with van der Waals surface area (Å²) in [6.07, 6.45) is 0. The molecule has 1 heterocycles. The first kappa shape index (κ1) is 24.5. The normalized spacial score (nSPS) is 10.9. The van der Waals surface area contributed by atoms with E-state index in [9.17, 15) is 9.18 Å². The molecule has 0 radical (unpaired) electrons. The Balaban J connectivity index is 1.73. The van der Waals surface area contributed by atoms with Crippen LogP contribution in [0.4, 0.5) is 4.39 Å². The van der Waals surface area contributed by atoms with Gasteiger partial charge in [-0.25, -0.2) is 9.37 Å². The lowest BCUT2D eigenvalue weighted by molar-refractivity contribution is 0.0729. The van der Waals surface area contributed by atoms with Crippen LogP contribution in [0.5, 0.6) is 11.5 Å². The Morgan fingerprint density at radius 3 is 2.40 bits per heavy atom. The number of ether oxygens (including phenoxy) is 2. The number of aryl methyl sites for hydroxylation is 2. The van der Waals surface area contributed by atoms with Gasteiger partial charge in [-0.15, -0.1) is 0 Å². The van der Waals surface area contributed by atoms with Gasteiger partial charge in [0.1, 0.15) is 11.0 Å². The Hall–Kier alpha value is -3.64. The topological polar surface area (TPSA) is 51.7 Å². The number of carbonyl (C=O) groups excluding carboxylic acids is 1. The van der Waals surface area contributed by atoms with Crippen molar-refractivity contribution in [2.45, 2.75) is 26.9 Å². The zero-order valence-corrected chi connectivity index (χ0v) is 20.8.